The van der Waals surface area contributed by atoms with Gasteiger partial charge in [0, 0.05) is 16.8 Å². The van der Waals surface area contributed by atoms with Gasteiger partial charge in [-0.25, -0.2) is 4.39 Å². The number of halogens is 1. The van der Waals surface area contributed by atoms with Crippen LogP contribution in [0.5, 0.6) is 0 Å². The first-order valence-corrected chi connectivity index (χ1v) is 6.18. The summed E-state index contributed by atoms with van der Waals surface area (Å²) in [6, 6.07) is 4.71. The number of hydrogen-bond donors (Lipinski definition) is 2. The summed E-state index contributed by atoms with van der Waals surface area (Å²) in [5.41, 5.74) is 0.606. The van der Waals surface area contributed by atoms with E-state index in [2.05, 4.69) is 0 Å². The van der Waals surface area contributed by atoms with Crippen molar-refractivity contribution in [1.82, 2.24) is 0 Å². The van der Waals surface area contributed by atoms with Gasteiger partial charge in [0.2, 0.25) is 0 Å². The molecule has 0 aromatic heterocycles. The minimum atomic E-state index is -0.681. The summed E-state index contributed by atoms with van der Waals surface area (Å²) in [6.07, 6.45) is -0.0716. The van der Waals surface area contributed by atoms with Gasteiger partial charge in [-0.3, -0.25) is 0 Å². The lowest BCUT2D eigenvalue weighted by Gasteiger charge is -2.15. The number of thioether (sulfide) groups is 1. The van der Waals surface area contributed by atoms with Crippen molar-refractivity contribution in [3.05, 3.63) is 29.6 Å². The van der Waals surface area contributed by atoms with Gasteiger partial charge in [-0.15, -0.1) is 11.8 Å². The molecule has 0 bridgehead atoms. The molecule has 0 heterocycles. The molecule has 1 rings (SSSR count). The maximum absolute atomic E-state index is 13.6. The topological polar surface area (TPSA) is 40.5 Å². The average Bonchev–Trinajstić information content (AvgIpc) is 2.21. The third-order valence-electron chi connectivity index (χ3n) is 2.30. The van der Waals surface area contributed by atoms with Gasteiger partial charge in [0.15, 0.2) is 0 Å². The summed E-state index contributed by atoms with van der Waals surface area (Å²) in [6.45, 7) is 3.64. The number of rotatable bonds is 5. The van der Waals surface area contributed by atoms with E-state index >= 15 is 0 Å². The lowest BCUT2D eigenvalue weighted by Crippen LogP contribution is -2.03. The highest BCUT2D eigenvalue weighted by Crippen LogP contribution is 2.33. The van der Waals surface area contributed by atoms with E-state index in [1.54, 1.807) is 19.1 Å². The fourth-order valence-electron chi connectivity index (χ4n) is 1.42. The van der Waals surface area contributed by atoms with Gasteiger partial charge in [-0.05, 0) is 25.0 Å². The zero-order chi connectivity index (χ0) is 12.1. The molecule has 1 aromatic carbocycles. The zero-order valence-electron chi connectivity index (χ0n) is 9.48. The fraction of sp³-hybridized carbons (Fsp3) is 0.500. The predicted molar refractivity (Wildman–Crippen MR) is 64.1 cm³/mol. The standard InChI is InChI=1S/C12H17FO2S/c1-8(6-7-14)16-12-10(9(2)15)4-3-5-11(12)13/h3-5,8-9,14-15H,6-7H2,1-2H3/t8?,9-/m1/s1. The van der Waals surface area contributed by atoms with E-state index in [9.17, 15) is 9.50 Å². The molecule has 0 saturated heterocycles. The highest BCUT2D eigenvalue weighted by Gasteiger charge is 2.15. The van der Waals surface area contributed by atoms with Crippen molar-refractivity contribution in [2.24, 2.45) is 0 Å². The molecular formula is C12H17FO2S. The Balaban J connectivity index is 2.92. The molecular weight excluding hydrogens is 227 g/mol. The van der Waals surface area contributed by atoms with Crippen molar-refractivity contribution in [3.63, 3.8) is 0 Å². The van der Waals surface area contributed by atoms with E-state index in [0.717, 1.165) is 0 Å². The number of benzene rings is 1. The molecule has 1 unspecified atom stereocenters. The molecule has 0 fully saturated rings. The van der Waals surface area contributed by atoms with Crippen LogP contribution in [0.2, 0.25) is 0 Å². The third-order valence-corrected chi connectivity index (χ3v) is 3.61. The van der Waals surface area contributed by atoms with Crippen molar-refractivity contribution >= 4 is 11.8 Å². The molecule has 2 atom stereocenters. The molecule has 0 spiro atoms. The van der Waals surface area contributed by atoms with Crippen LogP contribution in [0.25, 0.3) is 0 Å². The largest absolute Gasteiger partial charge is 0.396 e. The van der Waals surface area contributed by atoms with Gasteiger partial charge in [0.05, 0.1) is 6.10 Å². The number of aliphatic hydroxyl groups excluding tert-OH is 2. The molecule has 0 aliphatic carbocycles. The van der Waals surface area contributed by atoms with Crippen molar-refractivity contribution in [1.29, 1.82) is 0 Å². The SMILES string of the molecule is CC(CCO)Sc1c(F)cccc1[C@@H](C)O. The second kappa shape index (κ2) is 6.23. The van der Waals surface area contributed by atoms with Crippen LogP contribution >= 0.6 is 11.8 Å². The molecule has 0 aliphatic rings. The fourth-order valence-corrected chi connectivity index (χ4v) is 2.60. The Kier molecular flexibility index (Phi) is 5.25. The summed E-state index contributed by atoms with van der Waals surface area (Å²) in [5.74, 6) is -0.312. The highest BCUT2D eigenvalue weighted by molar-refractivity contribution is 8.00. The second-order valence-corrected chi connectivity index (χ2v) is 5.22. The molecule has 2 N–H and O–H groups in total. The minimum Gasteiger partial charge on any atom is -0.396 e. The lowest BCUT2D eigenvalue weighted by atomic mass is 10.1. The normalized spacial score (nSPS) is 14.8. The molecule has 90 valence electrons. The summed E-state index contributed by atoms with van der Waals surface area (Å²) in [4.78, 5) is 0.485. The van der Waals surface area contributed by atoms with Crippen LogP contribution in [0.1, 0.15) is 31.9 Å². The quantitative estimate of drug-likeness (QED) is 0.782. The van der Waals surface area contributed by atoms with E-state index < -0.39 is 6.10 Å². The van der Waals surface area contributed by atoms with Crippen LogP contribution in [0.3, 0.4) is 0 Å². The Hall–Kier alpha value is -0.580. The summed E-state index contributed by atoms with van der Waals surface area (Å²) >= 11 is 1.35. The van der Waals surface area contributed by atoms with E-state index in [4.69, 9.17) is 5.11 Å². The van der Waals surface area contributed by atoms with E-state index in [1.807, 2.05) is 6.92 Å². The minimum absolute atomic E-state index is 0.0899. The van der Waals surface area contributed by atoms with Gasteiger partial charge in [-0.2, -0.15) is 0 Å². The van der Waals surface area contributed by atoms with Gasteiger partial charge in [0.25, 0.3) is 0 Å². The molecule has 0 radical (unpaired) electrons. The van der Waals surface area contributed by atoms with Crippen LogP contribution in [0, 0.1) is 5.82 Å². The molecule has 0 saturated carbocycles. The molecule has 1 aromatic rings. The lowest BCUT2D eigenvalue weighted by molar-refractivity contribution is 0.195. The number of aliphatic hydroxyl groups is 2. The first-order chi connectivity index (χ1) is 7.56. The Labute approximate surface area is 99.5 Å². The van der Waals surface area contributed by atoms with Crippen LogP contribution in [-0.2, 0) is 0 Å². The molecule has 2 nitrogen and oxygen atoms in total. The molecule has 4 heteroatoms. The Morgan fingerprint density at radius 2 is 2.06 bits per heavy atom. The average molecular weight is 244 g/mol. The first kappa shape index (κ1) is 13.5. The summed E-state index contributed by atoms with van der Waals surface area (Å²) in [5, 5.41) is 18.5. The van der Waals surface area contributed by atoms with Crippen molar-refractivity contribution < 1.29 is 14.6 Å². The van der Waals surface area contributed by atoms with E-state index in [1.165, 1.54) is 17.8 Å². The van der Waals surface area contributed by atoms with Crippen LogP contribution < -0.4 is 0 Å². The van der Waals surface area contributed by atoms with Crippen LogP contribution in [0.15, 0.2) is 23.1 Å². The van der Waals surface area contributed by atoms with Crippen molar-refractivity contribution in [3.8, 4) is 0 Å². The van der Waals surface area contributed by atoms with Gasteiger partial charge >= 0.3 is 0 Å². The zero-order valence-corrected chi connectivity index (χ0v) is 10.3. The Morgan fingerprint density at radius 3 is 2.62 bits per heavy atom. The van der Waals surface area contributed by atoms with Gasteiger partial charge in [0.1, 0.15) is 5.82 Å². The molecule has 0 aliphatic heterocycles. The van der Waals surface area contributed by atoms with Crippen LogP contribution in [0.4, 0.5) is 4.39 Å². The number of hydrogen-bond acceptors (Lipinski definition) is 3. The third kappa shape index (κ3) is 3.47. The summed E-state index contributed by atoms with van der Waals surface area (Å²) < 4.78 is 13.6. The maximum atomic E-state index is 13.6. The maximum Gasteiger partial charge on any atom is 0.137 e. The summed E-state index contributed by atoms with van der Waals surface area (Å²) in [7, 11) is 0. The Morgan fingerprint density at radius 1 is 1.38 bits per heavy atom. The monoisotopic (exact) mass is 244 g/mol. The predicted octanol–water partition coefficient (Wildman–Crippen LogP) is 2.74. The second-order valence-electron chi connectivity index (χ2n) is 3.77. The highest BCUT2D eigenvalue weighted by atomic mass is 32.2. The van der Waals surface area contributed by atoms with Crippen molar-refractivity contribution in [2.45, 2.75) is 36.5 Å². The Bertz CT molecular complexity index is 342. The molecule has 16 heavy (non-hydrogen) atoms. The first-order valence-electron chi connectivity index (χ1n) is 5.30. The van der Waals surface area contributed by atoms with Gasteiger partial charge in [-0.1, -0.05) is 19.1 Å². The van der Waals surface area contributed by atoms with Gasteiger partial charge < -0.3 is 10.2 Å². The van der Waals surface area contributed by atoms with Crippen LogP contribution in [-0.4, -0.2) is 22.1 Å². The molecule has 0 amide bonds. The smallest absolute Gasteiger partial charge is 0.137 e. The van der Waals surface area contributed by atoms with E-state index in [-0.39, 0.29) is 17.7 Å². The van der Waals surface area contributed by atoms with Crippen molar-refractivity contribution in [2.75, 3.05) is 6.61 Å². The van der Waals surface area contributed by atoms with E-state index in [0.29, 0.717) is 16.9 Å².